The predicted octanol–water partition coefficient (Wildman–Crippen LogP) is 1.85. The molecule has 12 heavy (non-hydrogen) atoms. The third-order valence-corrected chi connectivity index (χ3v) is 1.53. The summed E-state index contributed by atoms with van der Waals surface area (Å²) < 4.78 is 4.63. The van der Waals surface area contributed by atoms with Gasteiger partial charge in [-0.3, -0.25) is 0 Å². The molecule has 0 aliphatic rings. The topological polar surface area (TPSA) is 46.3 Å². The van der Waals surface area contributed by atoms with Crippen LogP contribution in [0.25, 0.3) is 11.3 Å². The molecule has 1 aromatic heterocycles. The molecule has 0 saturated carbocycles. The summed E-state index contributed by atoms with van der Waals surface area (Å²) in [6.07, 6.45) is 1.39. The number of rotatable bonds is 1. The highest BCUT2D eigenvalue weighted by Gasteiger charge is 1.99. The van der Waals surface area contributed by atoms with Crippen LogP contribution in [0, 0.1) is 6.07 Å². The second kappa shape index (κ2) is 2.70. The van der Waals surface area contributed by atoms with E-state index >= 15 is 0 Å². The molecule has 0 aliphatic heterocycles. The van der Waals surface area contributed by atoms with Crippen LogP contribution >= 0.6 is 0 Å². The molecule has 1 aromatic carbocycles. The van der Waals surface area contributed by atoms with Gasteiger partial charge in [0.25, 0.3) is 0 Å². The number of nitrogens with zero attached hydrogens (tertiary/aromatic N) is 1. The van der Waals surface area contributed by atoms with E-state index in [1.807, 2.05) is 0 Å². The Morgan fingerprint density at radius 1 is 1.25 bits per heavy atom. The van der Waals surface area contributed by atoms with Crippen molar-refractivity contribution in [3.63, 3.8) is 0 Å². The summed E-state index contributed by atoms with van der Waals surface area (Å²) >= 11 is 0. The molecule has 2 aromatic rings. The molecule has 3 heteroatoms. The quantitative estimate of drug-likeness (QED) is 0.692. The van der Waals surface area contributed by atoms with Gasteiger partial charge >= 0.3 is 0 Å². The minimum Gasteiger partial charge on any atom is -0.508 e. The van der Waals surface area contributed by atoms with Crippen molar-refractivity contribution in [3.05, 3.63) is 36.6 Å². The summed E-state index contributed by atoms with van der Waals surface area (Å²) in [6.45, 7) is 0. The van der Waals surface area contributed by atoms with Crippen molar-refractivity contribution in [1.82, 2.24) is 5.16 Å². The second-order valence-corrected chi connectivity index (χ2v) is 2.35. The van der Waals surface area contributed by atoms with Gasteiger partial charge in [0.1, 0.15) is 17.7 Å². The van der Waals surface area contributed by atoms with Gasteiger partial charge in [-0.25, -0.2) is 0 Å². The molecule has 0 atom stereocenters. The Morgan fingerprint density at radius 2 is 2.00 bits per heavy atom. The number of benzene rings is 1. The standard InChI is InChI=1S/C9H6NO2/c11-8-3-1-7(2-4-8)9-5-6-12-10-9/h1-4,6,11H. The molecule has 59 valence electrons. The first-order valence-electron chi connectivity index (χ1n) is 3.48. The fourth-order valence-electron chi connectivity index (χ4n) is 0.943. The summed E-state index contributed by atoms with van der Waals surface area (Å²) in [5.41, 5.74) is 1.52. The lowest BCUT2D eigenvalue weighted by Crippen LogP contribution is -1.75. The lowest BCUT2D eigenvalue weighted by Gasteiger charge is -1.93. The van der Waals surface area contributed by atoms with Crippen LogP contribution in [0.15, 0.2) is 35.1 Å². The van der Waals surface area contributed by atoms with E-state index in [1.54, 1.807) is 24.3 Å². The second-order valence-electron chi connectivity index (χ2n) is 2.35. The lowest BCUT2D eigenvalue weighted by atomic mass is 10.1. The van der Waals surface area contributed by atoms with Crippen LogP contribution in [0.3, 0.4) is 0 Å². The lowest BCUT2D eigenvalue weighted by molar-refractivity contribution is 0.422. The van der Waals surface area contributed by atoms with Gasteiger partial charge in [0.2, 0.25) is 0 Å². The Bertz CT molecular complexity index is 351. The molecule has 1 radical (unpaired) electrons. The molecule has 0 bridgehead atoms. The first-order chi connectivity index (χ1) is 5.86. The van der Waals surface area contributed by atoms with Crippen LogP contribution < -0.4 is 0 Å². The number of phenols is 1. The van der Waals surface area contributed by atoms with Crippen molar-refractivity contribution >= 4 is 0 Å². The maximum atomic E-state index is 9.00. The molecular formula is C9H6NO2. The smallest absolute Gasteiger partial charge is 0.132 e. The molecule has 3 nitrogen and oxygen atoms in total. The normalized spacial score (nSPS) is 10.0. The highest BCUT2D eigenvalue weighted by atomic mass is 16.5. The van der Waals surface area contributed by atoms with Gasteiger partial charge in [-0.15, -0.1) is 0 Å². The van der Waals surface area contributed by atoms with Crippen LogP contribution in [-0.4, -0.2) is 10.3 Å². The maximum absolute atomic E-state index is 9.00. The third-order valence-electron chi connectivity index (χ3n) is 1.53. The Hall–Kier alpha value is -1.77. The fraction of sp³-hybridized carbons (Fsp3) is 0. The summed E-state index contributed by atoms with van der Waals surface area (Å²) in [6, 6.07) is 9.51. The van der Waals surface area contributed by atoms with E-state index in [1.165, 1.54) is 6.26 Å². The average Bonchev–Trinajstić information content (AvgIpc) is 2.58. The van der Waals surface area contributed by atoms with Crippen LogP contribution in [0.5, 0.6) is 5.75 Å². The van der Waals surface area contributed by atoms with Crippen molar-refractivity contribution in [2.24, 2.45) is 0 Å². The monoisotopic (exact) mass is 160 g/mol. The number of hydrogen-bond acceptors (Lipinski definition) is 3. The molecule has 0 saturated heterocycles. The van der Waals surface area contributed by atoms with Crippen LogP contribution in [0.1, 0.15) is 0 Å². The Morgan fingerprint density at radius 3 is 2.58 bits per heavy atom. The largest absolute Gasteiger partial charge is 0.508 e. The minimum atomic E-state index is 0.238. The highest BCUT2D eigenvalue weighted by molar-refractivity contribution is 5.58. The summed E-state index contributed by atoms with van der Waals surface area (Å²) in [5.74, 6) is 0.238. The first kappa shape index (κ1) is 6.91. The highest BCUT2D eigenvalue weighted by Crippen LogP contribution is 2.18. The van der Waals surface area contributed by atoms with E-state index in [4.69, 9.17) is 5.11 Å². The van der Waals surface area contributed by atoms with Gasteiger partial charge in [-0.1, -0.05) is 5.16 Å². The summed E-state index contributed by atoms with van der Waals surface area (Å²) in [4.78, 5) is 0. The van der Waals surface area contributed by atoms with Crippen molar-refractivity contribution in [1.29, 1.82) is 0 Å². The van der Waals surface area contributed by atoms with E-state index in [-0.39, 0.29) is 5.75 Å². The van der Waals surface area contributed by atoms with Crippen molar-refractivity contribution in [2.75, 3.05) is 0 Å². The zero-order chi connectivity index (χ0) is 8.39. The van der Waals surface area contributed by atoms with E-state index < -0.39 is 0 Å². The number of aromatic hydroxyl groups is 1. The van der Waals surface area contributed by atoms with E-state index in [0.29, 0.717) is 5.69 Å². The molecule has 1 heterocycles. The molecular weight excluding hydrogens is 154 g/mol. The van der Waals surface area contributed by atoms with Gasteiger partial charge in [-0.2, -0.15) is 0 Å². The minimum absolute atomic E-state index is 0.238. The zero-order valence-electron chi connectivity index (χ0n) is 6.19. The molecule has 2 rings (SSSR count). The van der Waals surface area contributed by atoms with Crippen molar-refractivity contribution in [2.45, 2.75) is 0 Å². The van der Waals surface area contributed by atoms with E-state index in [0.717, 1.165) is 5.56 Å². The average molecular weight is 160 g/mol. The maximum Gasteiger partial charge on any atom is 0.132 e. The van der Waals surface area contributed by atoms with Gasteiger partial charge in [0, 0.05) is 5.56 Å². The number of aromatic nitrogens is 1. The number of hydrogen-bond donors (Lipinski definition) is 1. The number of phenolic OH excluding ortho intramolecular Hbond substituents is 1. The molecule has 0 fully saturated rings. The Labute approximate surface area is 69.2 Å². The van der Waals surface area contributed by atoms with Gasteiger partial charge < -0.3 is 9.63 Å². The Balaban J connectivity index is 2.43. The van der Waals surface area contributed by atoms with Crippen LogP contribution in [-0.2, 0) is 0 Å². The fourth-order valence-corrected chi connectivity index (χ4v) is 0.943. The first-order valence-corrected chi connectivity index (χ1v) is 3.48. The molecule has 1 N–H and O–H groups in total. The van der Waals surface area contributed by atoms with Gasteiger partial charge in [0.05, 0.1) is 6.07 Å². The summed E-state index contributed by atoms with van der Waals surface area (Å²) in [5, 5.41) is 12.7. The van der Waals surface area contributed by atoms with E-state index in [9.17, 15) is 0 Å². The molecule has 0 spiro atoms. The molecule has 0 aliphatic carbocycles. The van der Waals surface area contributed by atoms with Gasteiger partial charge in [0.15, 0.2) is 0 Å². The predicted molar refractivity (Wildman–Crippen MR) is 42.4 cm³/mol. The zero-order valence-corrected chi connectivity index (χ0v) is 6.19. The van der Waals surface area contributed by atoms with Crippen LogP contribution in [0.2, 0.25) is 0 Å². The van der Waals surface area contributed by atoms with Gasteiger partial charge in [-0.05, 0) is 24.3 Å². The molecule has 0 unspecified atom stereocenters. The van der Waals surface area contributed by atoms with Crippen LogP contribution in [0.4, 0.5) is 0 Å². The third kappa shape index (κ3) is 1.16. The van der Waals surface area contributed by atoms with E-state index in [2.05, 4.69) is 15.7 Å². The SMILES string of the molecule is Oc1ccc(-c2[c]con2)cc1. The Kier molecular flexibility index (Phi) is 1.55. The molecule has 0 amide bonds. The van der Waals surface area contributed by atoms with Crippen molar-refractivity contribution in [3.8, 4) is 17.0 Å². The van der Waals surface area contributed by atoms with Crippen molar-refractivity contribution < 1.29 is 9.63 Å². The summed E-state index contributed by atoms with van der Waals surface area (Å²) in [7, 11) is 0.